The first-order valence-corrected chi connectivity index (χ1v) is 7.40. The predicted octanol–water partition coefficient (Wildman–Crippen LogP) is 2.64. The molecule has 0 spiro atoms. The van der Waals surface area contributed by atoms with E-state index in [1.165, 1.54) is 6.20 Å². The fourth-order valence-electron chi connectivity index (χ4n) is 2.47. The van der Waals surface area contributed by atoms with Gasteiger partial charge in [-0.15, -0.1) is 0 Å². The van der Waals surface area contributed by atoms with Gasteiger partial charge in [0.15, 0.2) is 5.69 Å². The highest BCUT2D eigenvalue weighted by molar-refractivity contribution is 6.05. The summed E-state index contributed by atoms with van der Waals surface area (Å²) < 4.78 is 45.5. The number of fused-ring (bicyclic) bond motifs is 1. The number of aryl methyl sites for hydroxylation is 1. The summed E-state index contributed by atoms with van der Waals surface area (Å²) in [4.78, 5) is 16.5. The van der Waals surface area contributed by atoms with Gasteiger partial charge in [-0.2, -0.15) is 18.3 Å². The van der Waals surface area contributed by atoms with Crippen molar-refractivity contribution in [1.82, 2.24) is 14.8 Å². The monoisotopic (exact) mass is 340 g/mol. The van der Waals surface area contributed by atoms with Gasteiger partial charge in [-0.3, -0.25) is 14.5 Å². The van der Waals surface area contributed by atoms with Crippen LogP contribution in [0.5, 0.6) is 0 Å². The van der Waals surface area contributed by atoms with Crippen molar-refractivity contribution in [3.8, 4) is 0 Å². The van der Waals surface area contributed by atoms with E-state index in [2.05, 4.69) is 15.4 Å². The number of ether oxygens (including phenoxy) is 1. The van der Waals surface area contributed by atoms with Crippen LogP contribution in [0.4, 0.5) is 18.9 Å². The topological polar surface area (TPSA) is 69.0 Å². The van der Waals surface area contributed by atoms with E-state index in [1.807, 2.05) is 0 Å². The van der Waals surface area contributed by atoms with Crippen LogP contribution in [0.2, 0.25) is 0 Å². The molecule has 0 bridgehead atoms. The minimum Gasteiger partial charge on any atom is -0.376 e. The molecule has 128 valence electrons. The third-order valence-electron chi connectivity index (χ3n) is 3.66. The summed E-state index contributed by atoms with van der Waals surface area (Å²) >= 11 is 0. The lowest BCUT2D eigenvalue weighted by atomic mass is 10.1. The Morgan fingerprint density at radius 1 is 1.46 bits per heavy atom. The maximum Gasteiger partial charge on any atom is 0.435 e. The number of carbonyl (C=O) groups is 1. The van der Waals surface area contributed by atoms with Gasteiger partial charge < -0.3 is 10.1 Å². The Morgan fingerprint density at radius 2 is 2.25 bits per heavy atom. The molecule has 0 fully saturated rings. The summed E-state index contributed by atoms with van der Waals surface area (Å²) in [5.41, 5.74) is 0.296. The average Bonchev–Trinajstić information content (AvgIpc) is 2.99. The van der Waals surface area contributed by atoms with E-state index in [4.69, 9.17) is 4.74 Å². The molecule has 0 atom stereocenters. The number of pyridine rings is 1. The molecule has 0 saturated heterocycles. The fourth-order valence-corrected chi connectivity index (χ4v) is 2.47. The predicted molar refractivity (Wildman–Crippen MR) is 78.5 cm³/mol. The number of rotatable bonds is 3. The van der Waals surface area contributed by atoms with Gasteiger partial charge in [0.2, 0.25) is 0 Å². The number of nitrogens with one attached hydrogen (secondary N) is 1. The van der Waals surface area contributed by atoms with Crippen molar-refractivity contribution in [3.05, 3.63) is 41.0 Å². The summed E-state index contributed by atoms with van der Waals surface area (Å²) in [6, 6.07) is 1.66. The highest BCUT2D eigenvalue weighted by Crippen LogP contribution is 2.31. The van der Waals surface area contributed by atoms with Crippen molar-refractivity contribution in [3.63, 3.8) is 0 Å². The summed E-state index contributed by atoms with van der Waals surface area (Å²) in [5.74, 6) is -0.875. The number of carbonyl (C=O) groups excluding carboxylic acids is 1. The Balaban J connectivity index is 1.86. The van der Waals surface area contributed by atoms with Crippen LogP contribution in [0.25, 0.3) is 0 Å². The number of anilines is 1. The zero-order chi connectivity index (χ0) is 17.3. The molecule has 24 heavy (non-hydrogen) atoms. The lowest BCUT2D eigenvalue weighted by Crippen LogP contribution is -2.19. The van der Waals surface area contributed by atoms with E-state index >= 15 is 0 Å². The molecule has 0 saturated carbocycles. The van der Waals surface area contributed by atoms with Gasteiger partial charge >= 0.3 is 6.18 Å². The van der Waals surface area contributed by atoms with Gasteiger partial charge in [-0.25, -0.2) is 0 Å². The lowest BCUT2D eigenvalue weighted by Gasteiger charge is -2.16. The molecule has 0 aliphatic carbocycles. The first-order valence-electron chi connectivity index (χ1n) is 7.40. The molecule has 3 heterocycles. The number of aromatic nitrogens is 3. The van der Waals surface area contributed by atoms with Crippen molar-refractivity contribution < 1.29 is 22.7 Å². The molecule has 0 aromatic carbocycles. The number of hydrogen-bond acceptors (Lipinski definition) is 4. The first kappa shape index (κ1) is 16.4. The third-order valence-corrected chi connectivity index (χ3v) is 3.66. The van der Waals surface area contributed by atoms with E-state index in [-0.39, 0.29) is 6.54 Å². The molecule has 0 unspecified atom stereocenters. The molecule has 2 aromatic rings. The maximum atomic E-state index is 13.0. The molecule has 1 aliphatic rings. The number of hydrogen-bond donors (Lipinski definition) is 1. The van der Waals surface area contributed by atoms with Crippen LogP contribution in [0.3, 0.4) is 0 Å². The molecular formula is C15H15F3N4O2. The molecule has 2 aromatic heterocycles. The Morgan fingerprint density at radius 3 is 2.96 bits per heavy atom. The van der Waals surface area contributed by atoms with Crippen LogP contribution in [-0.2, 0) is 30.5 Å². The highest BCUT2D eigenvalue weighted by atomic mass is 19.4. The molecule has 1 aliphatic heterocycles. The van der Waals surface area contributed by atoms with Crippen molar-refractivity contribution in [2.75, 3.05) is 11.9 Å². The van der Waals surface area contributed by atoms with Crippen molar-refractivity contribution in [2.24, 2.45) is 0 Å². The van der Waals surface area contributed by atoms with Crippen LogP contribution >= 0.6 is 0 Å². The van der Waals surface area contributed by atoms with Crippen LogP contribution < -0.4 is 5.32 Å². The zero-order valence-corrected chi connectivity index (χ0v) is 12.9. The van der Waals surface area contributed by atoms with Gasteiger partial charge in [-0.05, 0) is 13.0 Å². The Kier molecular flexibility index (Phi) is 4.27. The first-order chi connectivity index (χ1) is 11.4. The van der Waals surface area contributed by atoms with E-state index in [9.17, 15) is 18.0 Å². The van der Waals surface area contributed by atoms with Gasteiger partial charge in [0.25, 0.3) is 5.91 Å². The number of nitrogens with zero attached hydrogens (tertiary/aromatic N) is 3. The Labute approximate surface area is 135 Å². The average molecular weight is 340 g/mol. The molecule has 9 heteroatoms. The van der Waals surface area contributed by atoms with Gasteiger partial charge in [0.05, 0.1) is 30.7 Å². The highest BCUT2D eigenvalue weighted by Gasteiger charge is 2.39. The van der Waals surface area contributed by atoms with Crippen molar-refractivity contribution >= 4 is 11.6 Å². The quantitative estimate of drug-likeness (QED) is 0.933. The largest absolute Gasteiger partial charge is 0.435 e. The minimum absolute atomic E-state index is 0.230. The number of halogens is 3. The van der Waals surface area contributed by atoms with Gasteiger partial charge in [0, 0.05) is 30.4 Å². The summed E-state index contributed by atoms with van der Waals surface area (Å²) in [7, 11) is 0. The maximum absolute atomic E-state index is 13.0. The molecule has 1 amide bonds. The number of alkyl halides is 3. The van der Waals surface area contributed by atoms with E-state index in [0.29, 0.717) is 25.3 Å². The van der Waals surface area contributed by atoms with Crippen LogP contribution in [0, 0.1) is 0 Å². The molecular weight excluding hydrogens is 325 g/mol. The SMILES string of the molecule is CCn1cc(C(=O)Nc2cnc3c(c2)COCC3)c(C(F)(F)F)n1. The standard InChI is InChI=1S/C15H15F3N4O2/c1-2-22-7-11(13(21-22)15(16,17)18)14(23)20-10-5-9-8-24-4-3-12(9)19-6-10/h5-7H,2-4,8H2,1H3,(H,20,23). The number of amides is 1. The van der Waals surface area contributed by atoms with E-state index in [0.717, 1.165) is 22.1 Å². The third kappa shape index (κ3) is 3.25. The Bertz CT molecular complexity index is 771. The second-order valence-electron chi connectivity index (χ2n) is 5.33. The van der Waals surface area contributed by atoms with Crippen molar-refractivity contribution in [1.29, 1.82) is 0 Å². The lowest BCUT2D eigenvalue weighted by molar-refractivity contribution is -0.141. The van der Waals surface area contributed by atoms with Crippen LogP contribution in [0.15, 0.2) is 18.5 Å². The van der Waals surface area contributed by atoms with Crippen LogP contribution in [-0.4, -0.2) is 27.3 Å². The van der Waals surface area contributed by atoms with Crippen LogP contribution in [0.1, 0.15) is 34.2 Å². The van der Waals surface area contributed by atoms with Gasteiger partial charge in [0.1, 0.15) is 0 Å². The molecule has 6 nitrogen and oxygen atoms in total. The summed E-state index contributed by atoms with van der Waals surface area (Å²) in [6.07, 6.45) is -1.51. The Hall–Kier alpha value is -2.42. The zero-order valence-electron chi connectivity index (χ0n) is 12.9. The van der Waals surface area contributed by atoms with E-state index in [1.54, 1.807) is 13.0 Å². The molecule has 3 rings (SSSR count). The molecule has 1 N–H and O–H groups in total. The fraction of sp³-hybridized carbons (Fsp3) is 0.400. The normalized spacial score (nSPS) is 14.3. The smallest absolute Gasteiger partial charge is 0.376 e. The van der Waals surface area contributed by atoms with E-state index < -0.39 is 23.3 Å². The summed E-state index contributed by atoms with van der Waals surface area (Å²) in [5, 5.41) is 5.88. The summed E-state index contributed by atoms with van der Waals surface area (Å²) in [6.45, 7) is 2.82. The second-order valence-corrected chi connectivity index (χ2v) is 5.33. The second kappa shape index (κ2) is 6.23. The minimum atomic E-state index is -4.70. The van der Waals surface area contributed by atoms with Crippen molar-refractivity contribution in [2.45, 2.75) is 32.7 Å². The molecule has 0 radical (unpaired) electrons. The van der Waals surface area contributed by atoms with Gasteiger partial charge in [-0.1, -0.05) is 0 Å².